The molecule has 0 unspecified atom stereocenters. The van der Waals surface area contributed by atoms with Gasteiger partial charge in [-0.3, -0.25) is 4.98 Å². The topological polar surface area (TPSA) is 38.9 Å². The van der Waals surface area contributed by atoms with E-state index in [-0.39, 0.29) is 0 Å². The number of pyridine rings is 1. The Bertz CT molecular complexity index is 376. The highest BCUT2D eigenvalue weighted by Crippen LogP contribution is 2.41. The van der Waals surface area contributed by atoms with E-state index in [4.69, 9.17) is 17.3 Å². The largest absolute Gasteiger partial charge is 0.419 e. The van der Waals surface area contributed by atoms with Crippen LogP contribution in [-0.2, 0) is 6.18 Å². The SMILES string of the molecule is Nc1c(C(F)F)ncc(Cl)c1C(F)(F)F. The van der Waals surface area contributed by atoms with Crippen LogP contribution in [0.15, 0.2) is 6.20 Å². The van der Waals surface area contributed by atoms with Crippen molar-refractivity contribution in [2.24, 2.45) is 0 Å². The molecule has 2 N–H and O–H groups in total. The molecule has 8 heteroatoms. The maximum absolute atomic E-state index is 12.3. The van der Waals surface area contributed by atoms with Crippen molar-refractivity contribution in [3.8, 4) is 0 Å². The molecular weight excluding hydrogens is 243 g/mol. The molecule has 0 radical (unpaired) electrons. The molecule has 1 aromatic rings. The van der Waals surface area contributed by atoms with Crippen molar-refractivity contribution in [3.05, 3.63) is 22.5 Å². The fourth-order valence-corrected chi connectivity index (χ4v) is 1.24. The van der Waals surface area contributed by atoms with E-state index >= 15 is 0 Å². The molecule has 15 heavy (non-hydrogen) atoms. The van der Waals surface area contributed by atoms with Gasteiger partial charge < -0.3 is 5.73 Å². The summed E-state index contributed by atoms with van der Waals surface area (Å²) >= 11 is 5.18. The summed E-state index contributed by atoms with van der Waals surface area (Å²) in [5.41, 5.74) is 1.19. The average molecular weight is 247 g/mol. The van der Waals surface area contributed by atoms with Crippen LogP contribution < -0.4 is 5.73 Å². The number of hydrogen-bond donors (Lipinski definition) is 1. The summed E-state index contributed by atoms with van der Waals surface area (Å²) in [5.74, 6) is 0. The molecule has 0 spiro atoms. The first kappa shape index (κ1) is 12.0. The Morgan fingerprint density at radius 2 is 1.87 bits per heavy atom. The maximum atomic E-state index is 12.3. The molecule has 84 valence electrons. The molecule has 0 fully saturated rings. The van der Waals surface area contributed by atoms with Gasteiger partial charge in [0.25, 0.3) is 6.43 Å². The van der Waals surface area contributed by atoms with Gasteiger partial charge in [-0.05, 0) is 0 Å². The van der Waals surface area contributed by atoms with E-state index in [1.54, 1.807) is 0 Å². The van der Waals surface area contributed by atoms with E-state index < -0.39 is 34.6 Å². The lowest BCUT2D eigenvalue weighted by Gasteiger charge is -2.13. The Balaban J connectivity index is 3.44. The van der Waals surface area contributed by atoms with Crippen LogP contribution in [0.5, 0.6) is 0 Å². The van der Waals surface area contributed by atoms with Crippen LogP contribution in [0.3, 0.4) is 0 Å². The predicted molar refractivity (Wildman–Crippen MR) is 43.6 cm³/mol. The van der Waals surface area contributed by atoms with E-state index in [0.717, 1.165) is 0 Å². The molecule has 0 amide bonds. The van der Waals surface area contributed by atoms with Gasteiger partial charge in [0.05, 0.1) is 10.7 Å². The summed E-state index contributed by atoms with van der Waals surface area (Å²) in [7, 11) is 0. The molecule has 1 aromatic heterocycles. The van der Waals surface area contributed by atoms with E-state index in [9.17, 15) is 22.0 Å². The van der Waals surface area contributed by atoms with E-state index in [1.807, 2.05) is 0 Å². The van der Waals surface area contributed by atoms with Crippen LogP contribution in [0, 0.1) is 0 Å². The lowest BCUT2D eigenvalue weighted by atomic mass is 10.1. The third kappa shape index (κ3) is 2.28. The summed E-state index contributed by atoms with van der Waals surface area (Å²) in [6, 6.07) is 0. The van der Waals surface area contributed by atoms with Gasteiger partial charge >= 0.3 is 6.18 Å². The van der Waals surface area contributed by atoms with Crippen molar-refractivity contribution in [1.82, 2.24) is 4.98 Å². The van der Waals surface area contributed by atoms with E-state index in [2.05, 4.69) is 4.98 Å². The smallest absolute Gasteiger partial charge is 0.397 e. The normalized spacial score (nSPS) is 12.2. The minimum absolute atomic E-state index is 0.502. The van der Waals surface area contributed by atoms with Gasteiger partial charge in [0.2, 0.25) is 0 Å². The minimum atomic E-state index is -4.88. The molecule has 0 aromatic carbocycles. The van der Waals surface area contributed by atoms with Crippen molar-refractivity contribution in [2.45, 2.75) is 12.6 Å². The molecule has 0 aliphatic rings. The summed E-state index contributed by atoms with van der Waals surface area (Å²) in [6.07, 6.45) is -7.56. The number of nitrogen functional groups attached to an aromatic ring is 1. The zero-order valence-electron chi connectivity index (χ0n) is 6.95. The number of hydrogen-bond acceptors (Lipinski definition) is 2. The van der Waals surface area contributed by atoms with Gasteiger partial charge in [0, 0.05) is 6.20 Å². The highest BCUT2D eigenvalue weighted by Gasteiger charge is 2.38. The standard InChI is InChI=1S/C7H4ClF5N2/c8-2-1-15-5(6(9)10)4(14)3(2)7(11,12)13/h1,6H,14H2. The van der Waals surface area contributed by atoms with Gasteiger partial charge in [-0.1, -0.05) is 11.6 Å². The van der Waals surface area contributed by atoms with Crippen LogP contribution in [0.4, 0.5) is 27.6 Å². The molecule has 0 aliphatic carbocycles. The number of anilines is 1. The first-order chi connectivity index (χ1) is 6.75. The number of halogens is 6. The number of alkyl halides is 5. The molecular formula is C7H4ClF5N2. The fourth-order valence-electron chi connectivity index (χ4n) is 0.979. The van der Waals surface area contributed by atoms with Gasteiger partial charge in [-0.15, -0.1) is 0 Å². The Hall–Kier alpha value is -1.11. The van der Waals surface area contributed by atoms with Crippen molar-refractivity contribution in [1.29, 1.82) is 0 Å². The minimum Gasteiger partial charge on any atom is -0.397 e. The second kappa shape index (κ2) is 3.80. The third-order valence-electron chi connectivity index (χ3n) is 1.59. The summed E-state index contributed by atoms with van der Waals surface area (Å²) in [5, 5.41) is -0.801. The monoisotopic (exact) mass is 246 g/mol. The predicted octanol–water partition coefficient (Wildman–Crippen LogP) is 3.27. The average Bonchev–Trinajstić information content (AvgIpc) is 2.00. The van der Waals surface area contributed by atoms with Crippen molar-refractivity contribution < 1.29 is 22.0 Å². The van der Waals surface area contributed by atoms with Gasteiger partial charge in [0.15, 0.2) is 0 Å². The highest BCUT2D eigenvalue weighted by molar-refractivity contribution is 6.31. The molecule has 1 heterocycles. The summed E-state index contributed by atoms with van der Waals surface area (Å²) in [4.78, 5) is 3.04. The molecule has 0 atom stereocenters. The Morgan fingerprint density at radius 1 is 1.33 bits per heavy atom. The van der Waals surface area contributed by atoms with Crippen LogP contribution in [0.2, 0.25) is 5.02 Å². The second-order valence-electron chi connectivity index (χ2n) is 2.58. The van der Waals surface area contributed by atoms with Gasteiger partial charge in [-0.2, -0.15) is 13.2 Å². The van der Waals surface area contributed by atoms with Crippen LogP contribution in [0.1, 0.15) is 17.7 Å². The second-order valence-corrected chi connectivity index (χ2v) is 2.99. The molecule has 0 saturated carbocycles. The van der Waals surface area contributed by atoms with Crippen molar-refractivity contribution in [3.63, 3.8) is 0 Å². The molecule has 0 saturated heterocycles. The fraction of sp³-hybridized carbons (Fsp3) is 0.286. The lowest BCUT2D eigenvalue weighted by Crippen LogP contribution is -2.13. The zero-order chi connectivity index (χ0) is 11.8. The van der Waals surface area contributed by atoms with Gasteiger partial charge in [-0.25, -0.2) is 8.78 Å². The Labute approximate surface area is 85.9 Å². The van der Waals surface area contributed by atoms with Gasteiger partial charge in [0.1, 0.15) is 11.3 Å². The lowest BCUT2D eigenvalue weighted by molar-refractivity contribution is -0.136. The number of nitrogens with two attached hydrogens (primary N) is 1. The number of rotatable bonds is 1. The third-order valence-corrected chi connectivity index (χ3v) is 1.88. The summed E-state index contributed by atoms with van der Waals surface area (Å²) in [6.45, 7) is 0. The highest BCUT2D eigenvalue weighted by atomic mass is 35.5. The quantitative estimate of drug-likeness (QED) is 0.773. The zero-order valence-corrected chi connectivity index (χ0v) is 7.70. The number of nitrogens with zero attached hydrogens (tertiary/aromatic N) is 1. The van der Waals surface area contributed by atoms with Crippen LogP contribution in [0.25, 0.3) is 0 Å². The van der Waals surface area contributed by atoms with E-state index in [1.165, 1.54) is 0 Å². The van der Waals surface area contributed by atoms with Crippen molar-refractivity contribution >= 4 is 17.3 Å². The molecule has 0 bridgehead atoms. The molecule has 2 nitrogen and oxygen atoms in total. The Morgan fingerprint density at radius 3 is 2.27 bits per heavy atom. The number of aromatic nitrogens is 1. The van der Waals surface area contributed by atoms with Crippen molar-refractivity contribution in [2.75, 3.05) is 5.73 Å². The first-order valence-electron chi connectivity index (χ1n) is 3.54. The summed E-state index contributed by atoms with van der Waals surface area (Å²) < 4.78 is 61.3. The van der Waals surface area contributed by atoms with E-state index in [0.29, 0.717) is 6.20 Å². The van der Waals surface area contributed by atoms with Crippen LogP contribution in [-0.4, -0.2) is 4.98 Å². The first-order valence-corrected chi connectivity index (χ1v) is 3.92. The molecule has 0 aliphatic heterocycles. The molecule has 1 rings (SSSR count). The van der Waals surface area contributed by atoms with Crippen LogP contribution >= 0.6 is 11.6 Å². The maximum Gasteiger partial charge on any atom is 0.419 e. The Kier molecular flexibility index (Phi) is 3.03.